The third kappa shape index (κ3) is 5.82. The number of piperidine rings is 1. The summed E-state index contributed by atoms with van der Waals surface area (Å²) in [6.45, 7) is 5.85. The number of fused-ring (bicyclic) bond motifs is 1. The summed E-state index contributed by atoms with van der Waals surface area (Å²) in [4.78, 5) is 37.7. The number of methoxy groups -OCH3 is 1. The lowest BCUT2D eigenvalue weighted by Gasteiger charge is -2.29. The third-order valence-electron chi connectivity index (χ3n) is 7.82. The molecule has 1 unspecified atom stereocenters. The molecule has 1 aromatic carbocycles. The van der Waals surface area contributed by atoms with Gasteiger partial charge in [0.05, 0.1) is 36.2 Å². The Balaban J connectivity index is 1.43. The number of hydrogen-bond acceptors (Lipinski definition) is 8. The molecule has 212 valence electrons. The van der Waals surface area contributed by atoms with E-state index in [0.717, 1.165) is 38.8 Å². The van der Waals surface area contributed by atoms with Crippen molar-refractivity contribution in [3.05, 3.63) is 52.0 Å². The second-order valence-corrected chi connectivity index (χ2v) is 10.8. The summed E-state index contributed by atoms with van der Waals surface area (Å²) < 4.78 is 13.3. The summed E-state index contributed by atoms with van der Waals surface area (Å²) in [6, 6.07) is 5.43. The van der Waals surface area contributed by atoms with Crippen LogP contribution >= 0.6 is 0 Å². The number of rotatable bonds is 9. The molecule has 10 nitrogen and oxygen atoms in total. The van der Waals surface area contributed by atoms with Crippen molar-refractivity contribution in [3.8, 4) is 11.5 Å². The molecule has 1 saturated heterocycles. The maximum absolute atomic E-state index is 13.2. The van der Waals surface area contributed by atoms with Crippen LogP contribution in [0.1, 0.15) is 55.5 Å². The van der Waals surface area contributed by atoms with Gasteiger partial charge in [-0.1, -0.05) is 12.2 Å². The maximum atomic E-state index is 13.2. The molecule has 1 aliphatic carbocycles. The Bertz CT molecular complexity index is 1490. The molecule has 3 heterocycles. The number of aryl methyl sites for hydroxylation is 1. The van der Waals surface area contributed by atoms with E-state index in [1.165, 1.54) is 4.57 Å². The largest absolute Gasteiger partial charge is 0.495 e. The van der Waals surface area contributed by atoms with Gasteiger partial charge in [0.2, 0.25) is 5.95 Å². The molecule has 40 heavy (non-hydrogen) atoms. The minimum Gasteiger partial charge on any atom is -0.495 e. The van der Waals surface area contributed by atoms with Crippen LogP contribution in [0, 0.1) is 5.92 Å². The number of carbonyl (C=O) groups excluding carboxylic acids is 1. The number of likely N-dealkylation sites (tertiary alicyclic amines) is 1. The lowest BCUT2D eigenvalue weighted by atomic mass is 10.0. The van der Waals surface area contributed by atoms with Crippen LogP contribution in [0.4, 0.5) is 11.6 Å². The zero-order chi connectivity index (χ0) is 28.4. The Kier molecular flexibility index (Phi) is 8.07. The summed E-state index contributed by atoms with van der Waals surface area (Å²) in [5.41, 5.74) is 2.76. The van der Waals surface area contributed by atoms with Gasteiger partial charge in [-0.25, -0.2) is 9.97 Å². The van der Waals surface area contributed by atoms with Crippen LogP contribution in [-0.2, 0) is 7.05 Å². The fourth-order valence-corrected chi connectivity index (χ4v) is 5.12. The van der Waals surface area contributed by atoms with Crippen LogP contribution in [0.5, 0.6) is 11.5 Å². The zero-order valence-corrected chi connectivity index (χ0v) is 23.9. The smallest absolute Gasteiger partial charge is 0.293 e. The summed E-state index contributed by atoms with van der Waals surface area (Å²) >= 11 is 0. The molecule has 0 radical (unpaired) electrons. The number of nitrogens with one attached hydrogen (secondary N) is 2. The number of nitrogens with zero attached hydrogens (tertiary/aromatic N) is 4. The Morgan fingerprint density at radius 1 is 1.18 bits per heavy atom. The van der Waals surface area contributed by atoms with Gasteiger partial charge in [0.1, 0.15) is 11.3 Å². The Morgan fingerprint density at radius 3 is 2.60 bits per heavy atom. The van der Waals surface area contributed by atoms with E-state index in [1.807, 2.05) is 26.0 Å². The number of anilines is 2. The summed E-state index contributed by atoms with van der Waals surface area (Å²) in [5, 5.41) is 6.36. The number of amides is 1. The molecule has 3 aromatic rings. The number of benzene rings is 1. The standard InChI is InChI=1S/C30H38N6O4/c1-6-7-22-26-24(36(4)29(38)27(22)40-18(2)19-8-9-19)17-31-30(34-26)33-23-11-10-20(16-25(23)39-5)28(37)32-21-12-14-35(3)15-13-21/h6-7,10-11,16-19,21H,8-9,12-15H2,1-5H3,(H,32,37)(H,31,33,34)/b7-6+. The van der Waals surface area contributed by atoms with Crippen LogP contribution in [-0.4, -0.2) is 64.7 Å². The SMILES string of the molecule is C/C=C/c1c(OC(C)C2CC2)c(=O)n(C)c2cnc(Nc3ccc(C(=O)NC4CCN(C)CC4)cc3OC)nc12. The first-order valence-electron chi connectivity index (χ1n) is 13.9. The van der Waals surface area contributed by atoms with Gasteiger partial charge in [-0.2, -0.15) is 0 Å². The molecular weight excluding hydrogens is 508 g/mol. The molecule has 2 fully saturated rings. The fraction of sp³-hybridized carbons (Fsp3) is 0.467. The van der Waals surface area contributed by atoms with E-state index < -0.39 is 0 Å². The molecular formula is C30H38N6O4. The maximum Gasteiger partial charge on any atom is 0.293 e. The fourth-order valence-electron chi connectivity index (χ4n) is 5.12. The number of hydrogen-bond donors (Lipinski definition) is 2. The lowest BCUT2D eigenvalue weighted by molar-refractivity contribution is 0.0916. The Hall–Kier alpha value is -3.92. The number of carbonyl (C=O) groups is 1. The predicted octanol–water partition coefficient (Wildman–Crippen LogP) is 4.12. The van der Waals surface area contributed by atoms with Crippen LogP contribution in [0.2, 0.25) is 0 Å². The van der Waals surface area contributed by atoms with Crippen molar-refractivity contribution in [2.24, 2.45) is 13.0 Å². The minimum absolute atomic E-state index is 0.0481. The van der Waals surface area contributed by atoms with Crippen molar-refractivity contribution in [2.45, 2.75) is 51.7 Å². The highest BCUT2D eigenvalue weighted by Gasteiger charge is 2.31. The van der Waals surface area contributed by atoms with Gasteiger partial charge < -0.3 is 29.6 Å². The first-order valence-corrected chi connectivity index (χ1v) is 13.9. The predicted molar refractivity (Wildman–Crippen MR) is 157 cm³/mol. The van der Waals surface area contributed by atoms with Gasteiger partial charge in [0.25, 0.3) is 11.5 Å². The topological polar surface area (TPSA) is 111 Å². The van der Waals surface area contributed by atoms with Gasteiger partial charge in [0.15, 0.2) is 5.75 Å². The van der Waals surface area contributed by atoms with Crippen molar-refractivity contribution in [3.63, 3.8) is 0 Å². The van der Waals surface area contributed by atoms with Crippen LogP contribution in [0.3, 0.4) is 0 Å². The van der Waals surface area contributed by atoms with E-state index in [1.54, 1.807) is 38.6 Å². The van der Waals surface area contributed by atoms with E-state index in [2.05, 4.69) is 27.6 Å². The van der Waals surface area contributed by atoms with Crippen LogP contribution in [0.15, 0.2) is 35.3 Å². The highest BCUT2D eigenvalue weighted by atomic mass is 16.5. The number of aromatic nitrogens is 3. The summed E-state index contributed by atoms with van der Waals surface area (Å²) in [6.07, 6.45) is 9.41. The molecule has 2 aliphatic rings. The Labute approximate surface area is 234 Å². The van der Waals surface area contributed by atoms with Gasteiger partial charge in [-0.3, -0.25) is 9.59 Å². The molecule has 1 amide bonds. The van der Waals surface area contributed by atoms with Crippen molar-refractivity contribution in [2.75, 3.05) is 32.6 Å². The number of ether oxygens (including phenoxy) is 2. The number of pyridine rings is 1. The quantitative estimate of drug-likeness (QED) is 0.413. The first kappa shape index (κ1) is 27.6. The molecule has 1 atom stereocenters. The highest BCUT2D eigenvalue weighted by molar-refractivity contribution is 5.95. The highest BCUT2D eigenvalue weighted by Crippen LogP contribution is 2.36. The summed E-state index contributed by atoms with van der Waals surface area (Å²) in [5.74, 6) is 1.49. The molecule has 0 bridgehead atoms. The van der Waals surface area contributed by atoms with E-state index >= 15 is 0 Å². The monoisotopic (exact) mass is 546 g/mol. The van der Waals surface area contributed by atoms with E-state index in [-0.39, 0.29) is 23.6 Å². The van der Waals surface area contributed by atoms with Crippen molar-refractivity contribution >= 4 is 34.7 Å². The molecule has 5 rings (SSSR count). The molecule has 1 saturated carbocycles. The lowest BCUT2D eigenvalue weighted by Crippen LogP contribution is -2.43. The van der Waals surface area contributed by atoms with Crippen molar-refractivity contribution < 1.29 is 14.3 Å². The summed E-state index contributed by atoms with van der Waals surface area (Å²) in [7, 11) is 5.36. The second-order valence-electron chi connectivity index (χ2n) is 10.8. The normalized spacial score (nSPS) is 17.2. The second kappa shape index (κ2) is 11.7. The molecule has 2 N–H and O–H groups in total. The van der Waals surface area contributed by atoms with E-state index in [0.29, 0.717) is 51.2 Å². The van der Waals surface area contributed by atoms with Gasteiger partial charge >= 0.3 is 0 Å². The van der Waals surface area contributed by atoms with Gasteiger partial charge in [0, 0.05) is 18.7 Å². The van der Waals surface area contributed by atoms with E-state index in [9.17, 15) is 9.59 Å². The minimum atomic E-state index is -0.215. The zero-order valence-electron chi connectivity index (χ0n) is 23.9. The van der Waals surface area contributed by atoms with Crippen molar-refractivity contribution in [1.82, 2.24) is 24.8 Å². The molecule has 0 spiro atoms. The van der Waals surface area contributed by atoms with E-state index in [4.69, 9.17) is 14.5 Å². The van der Waals surface area contributed by atoms with Crippen LogP contribution in [0.25, 0.3) is 17.1 Å². The number of allylic oxidation sites excluding steroid dienone is 1. The molecule has 10 heteroatoms. The van der Waals surface area contributed by atoms with Gasteiger partial charge in [-0.15, -0.1) is 0 Å². The molecule has 1 aliphatic heterocycles. The molecule has 2 aromatic heterocycles. The average molecular weight is 547 g/mol. The first-order chi connectivity index (χ1) is 19.3. The Morgan fingerprint density at radius 2 is 1.93 bits per heavy atom. The van der Waals surface area contributed by atoms with Crippen molar-refractivity contribution in [1.29, 1.82) is 0 Å². The van der Waals surface area contributed by atoms with Gasteiger partial charge in [-0.05, 0) is 83.8 Å². The van der Waals surface area contributed by atoms with Crippen LogP contribution < -0.4 is 25.7 Å². The third-order valence-corrected chi connectivity index (χ3v) is 7.82. The average Bonchev–Trinajstić information content (AvgIpc) is 3.81.